The summed E-state index contributed by atoms with van der Waals surface area (Å²) in [6, 6.07) is 3.87. The van der Waals surface area contributed by atoms with Crippen LogP contribution in [-0.2, 0) is 0 Å². The van der Waals surface area contributed by atoms with E-state index in [0.29, 0.717) is 5.56 Å². The van der Waals surface area contributed by atoms with Crippen LogP contribution in [0.1, 0.15) is 30.9 Å². The Balaban J connectivity index is 0.00000144. The Labute approximate surface area is 111 Å². The highest BCUT2D eigenvalue weighted by Crippen LogP contribution is 2.34. The standard InChI is InChI=1S/C12H15ClFNO.ClH/c13-9-6-8(4-5-10(9)14)11(15)12(16)7-2-1-3-7;/h4-7,11-12,16H,1-3,15H2;1H/t11-,12+;/m0./s1. The highest BCUT2D eigenvalue weighted by atomic mass is 35.5. The smallest absolute Gasteiger partial charge is 0.141 e. The van der Waals surface area contributed by atoms with E-state index in [1.165, 1.54) is 12.1 Å². The lowest BCUT2D eigenvalue weighted by Gasteiger charge is -2.33. The minimum absolute atomic E-state index is 0. The van der Waals surface area contributed by atoms with Crippen LogP contribution in [0.4, 0.5) is 4.39 Å². The van der Waals surface area contributed by atoms with E-state index in [2.05, 4.69) is 0 Å². The quantitative estimate of drug-likeness (QED) is 0.893. The average molecular weight is 280 g/mol. The topological polar surface area (TPSA) is 46.2 Å². The molecule has 0 heterocycles. The molecule has 0 saturated heterocycles. The monoisotopic (exact) mass is 279 g/mol. The molecule has 1 aromatic rings. The molecule has 96 valence electrons. The zero-order chi connectivity index (χ0) is 11.7. The molecule has 0 aromatic heterocycles. The van der Waals surface area contributed by atoms with Gasteiger partial charge in [0.15, 0.2) is 0 Å². The summed E-state index contributed by atoms with van der Waals surface area (Å²) < 4.78 is 13.0. The maximum atomic E-state index is 13.0. The van der Waals surface area contributed by atoms with E-state index in [-0.39, 0.29) is 23.3 Å². The molecule has 2 atom stereocenters. The first-order valence-corrected chi connectivity index (χ1v) is 5.86. The van der Waals surface area contributed by atoms with Gasteiger partial charge in [0.05, 0.1) is 17.2 Å². The molecule has 1 aliphatic rings. The SMILES string of the molecule is Cl.N[C@@H](c1ccc(F)c(Cl)c1)[C@H](O)C1CCC1. The van der Waals surface area contributed by atoms with Crippen molar-refractivity contribution in [3.63, 3.8) is 0 Å². The predicted octanol–water partition coefficient (Wildman–Crippen LogP) is 3.06. The summed E-state index contributed by atoms with van der Waals surface area (Å²) >= 11 is 5.68. The lowest BCUT2D eigenvalue weighted by atomic mass is 9.77. The lowest BCUT2D eigenvalue weighted by molar-refractivity contribution is 0.0413. The van der Waals surface area contributed by atoms with Crippen molar-refractivity contribution >= 4 is 24.0 Å². The molecule has 0 spiro atoms. The van der Waals surface area contributed by atoms with Crippen molar-refractivity contribution in [2.24, 2.45) is 11.7 Å². The minimum Gasteiger partial charge on any atom is -0.391 e. The molecule has 0 radical (unpaired) electrons. The number of halogens is 3. The summed E-state index contributed by atoms with van der Waals surface area (Å²) in [5, 5.41) is 10.0. The fourth-order valence-corrected chi connectivity index (χ4v) is 2.18. The maximum absolute atomic E-state index is 13.0. The average Bonchev–Trinajstić information content (AvgIpc) is 2.18. The fourth-order valence-electron chi connectivity index (χ4n) is 1.99. The first-order chi connectivity index (χ1) is 7.59. The van der Waals surface area contributed by atoms with Gasteiger partial charge in [-0.25, -0.2) is 4.39 Å². The van der Waals surface area contributed by atoms with Gasteiger partial charge in [-0.1, -0.05) is 24.1 Å². The normalized spacial score (nSPS) is 19.1. The Bertz CT molecular complexity index is 385. The highest BCUT2D eigenvalue weighted by molar-refractivity contribution is 6.30. The number of hydrogen-bond acceptors (Lipinski definition) is 2. The van der Waals surface area contributed by atoms with Gasteiger partial charge in [0.25, 0.3) is 0 Å². The van der Waals surface area contributed by atoms with Crippen LogP contribution in [0.5, 0.6) is 0 Å². The molecule has 2 rings (SSSR count). The second kappa shape index (κ2) is 6.01. The molecule has 0 amide bonds. The van der Waals surface area contributed by atoms with Gasteiger partial charge in [0, 0.05) is 0 Å². The van der Waals surface area contributed by atoms with Gasteiger partial charge >= 0.3 is 0 Å². The van der Waals surface area contributed by atoms with E-state index >= 15 is 0 Å². The Morgan fingerprint density at radius 2 is 2.06 bits per heavy atom. The molecule has 3 N–H and O–H groups in total. The van der Waals surface area contributed by atoms with Crippen molar-refractivity contribution in [2.45, 2.75) is 31.4 Å². The molecule has 17 heavy (non-hydrogen) atoms. The van der Waals surface area contributed by atoms with Crippen molar-refractivity contribution in [3.8, 4) is 0 Å². The van der Waals surface area contributed by atoms with Gasteiger partial charge in [0.1, 0.15) is 5.82 Å². The van der Waals surface area contributed by atoms with E-state index in [1.54, 1.807) is 6.07 Å². The zero-order valence-corrected chi connectivity index (χ0v) is 10.8. The van der Waals surface area contributed by atoms with Crippen molar-refractivity contribution in [1.82, 2.24) is 0 Å². The number of nitrogens with two attached hydrogens (primary N) is 1. The number of rotatable bonds is 3. The van der Waals surface area contributed by atoms with E-state index < -0.39 is 18.0 Å². The number of benzene rings is 1. The minimum atomic E-state index is -0.560. The Morgan fingerprint density at radius 1 is 1.41 bits per heavy atom. The Hall–Kier alpha value is -0.350. The third-order valence-electron chi connectivity index (χ3n) is 3.33. The molecule has 0 aliphatic heterocycles. The van der Waals surface area contributed by atoms with Crippen molar-refractivity contribution in [3.05, 3.63) is 34.6 Å². The second-order valence-corrected chi connectivity index (χ2v) is 4.79. The summed E-state index contributed by atoms with van der Waals surface area (Å²) in [6.45, 7) is 0. The van der Waals surface area contributed by atoms with Crippen LogP contribution >= 0.6 is 24.0 Å². The van der Waals surface area contributed by atoms with Crippen LogP contribution in [-0.4, -0.2) is 11.2 Å². The fraction of sp³-hybridized carbons (Fsp3) is 0.500. The summed E-state index contributed by atoms with van der Waals surface area (Å²) in [5.74, 6) is -0.186. The lowest BCUT2D eigenvalue weighted by Crippen LogP contribution is -2.36. The number of aliphatic hydroxyl groups is 1. The molecule has 1 fully saturated rings. The van der Waals surface area contributed by atoms with E-state index in [1.807, 2.05) is 0 Å². The molecule has 1 aromatic carbocycles. The van der Waals surface area contributed by atoms with Gasteiger partial charge in [-0.2, -0.15) is 0 Å². The van der Waals surface area contributed by atoms with Gasteiger partial charge < -0.3 is 10.8 Å². The van der Waals surface area contributed by atoms with Crippen LogP contribution in [0, 0.1) is 11.7 Å². The molecular formula is C12H16Cl2FNO. The molecule has 0 unspecified atom stereocenters. The van der Waals surface area contributed by atoms with Crippen LogP contribution in [0.2, 0.25) is 5.02 Å². The maximum Gasteiger partial charge on any atom is 0.141 e. The van der Waals surface area contributed by atoms with Gasteiger partial charge in [-0.05, 0) is 36.5 Å². The summed E-state index contributed by atoms with van der Waals surface area (Å²) in [5.41, 5.74) is 6.62. The molecule has 1 aliphatic carbocycles. The second-order valence-electron chi connectivity index (χ2n) is 4.38. The Kier molecular flexibility index (Phi) is 5.20. The van der Waals surface area contributed by atoms with Crippen LogP contribution in [0.25, 0.3) is 0 Å². The third kappa shape index (κ3) is 3.10. The largest absolute Gasteiger partial charge is 0.391 e. The van der Waals surface area contributed by atoms with E-state index in [0.717, 1.165) is 19.3 Å². The van der Waals surface area contributed by atoms with Crippen molar-refractivity contribution < 1.29 is 9.50 Å². The first-order valence-electron chi connectivity index (χ1n) is 5.48. The van der Waals surface area contributed by atoms with E-state index in [4.69, 9.17) is 17.3 Å². The van der Waals surface area contributed by atoms with Crippen LogP contribution in [0.15, 0.2) is 18.2 Å². The molecule has 0 bridgehead atoms. The Morgan fingerprint density at radius 3 is 2.53 bits per heavy atom. The molecular weight excluding hydrogens is 264 g/mol. The molecule has 2 nitrogen and oxygen atoms in total. The molecule has 1 saturated carbocycles. The van der Waals surface area contributed by atoms with Crippen molar-refractivity contribution in [2.75, 3.05) is 0 Å². The van der Waals surface area contributed by atoms with Crippen LogP contribution in [0.3, 0.4) is 0 Å². The van der Waals surface area contributed by atoms with Crippen LogP contribution < -0.4 is 5.73 Å². The summed E-state index contributed by atoms with van der Waals surface area (Å²) in [7, 11) is 0. The summed E-state index contributed by atoms with van der Waals surface area (Å²) in [4.78, 5) is 0. The molecule has 5 heteroatoms. The number of aliphatic hydroxyl groups excluding tert-OH is 1. The summed E-state index contributed by atoms with van der Waals surface area (Å²) in [6.07, 6.45) is 2.63. The van der Waals surface area contributed by atoms with E-state index in [9.17, 15) is 9.50 Å². The predicted molar refractivity (Wildman–Crippen MR) is 68.9 cm³/mol. The van der Waals surface area contributed by atoms with Gasteiger partial charge in [-0.15, -0.1) is 12.4 Å². The van der Waals surface area contributed by atoms with Crippen molar-refractivity contribution in [1.29, 1.82) is 0 Å². The first kappa shape index (κ1) is 14.7. The van der Waals surface area contributed by atoms with Gasteiger partial charge in [-0.3, -0.25) is 0 Å². The number of hydrogen-bond donors (Lipinski definition) is 2. The zero-order valence-electron chi connectivity index (χ0n) is 9.27. The van der Waals surface area contributed by atoms with Gasteiger partial charge in [0.2, 0.25) is 0 Å². The highest BCUT2D eigenvalue weighted by Gasteiger charge is 2.30. The third-order valence-corrected chi connectivity index (χ3v) is 3.62.